The normalized spacial score (nSPS) is 23.9. The molecule has 0 spiro atoms. The highest BCUT2D eigenvalue weighted by atomic mass is 16.2. The van der Waals surface area contributed by atoms with E-state index >= 15 is 0 Å². The minimum Gasteiger partial charge on any atom is -0.346 e. The summed E-state index contributed by atoms with van der Waals surface area (Å²) >= 11 is 0. The number of carbonyl (C=O) groups excluding carboxylic acids is 2. The second-order valence-corrected chi connectivity index (χ2v) is 5.64. The van der Waals surface area contributed by atoms with Crippen LogP contribution in [0.1, 0.15) is 38.1 Å². The van der Waals surface area contributed by atoms with Gasteiger partial charge in [-0.2, -0.15) is 5.21 Å². The van der Waals surface area contributed by atoms with E-state index in [-0.39, 0.29) is 23.8 Å². The largest absolute Gasteiger partial charge is 0.346 e. The molecule has 108 valence electrons. The Balaban J connectivity index is 1.53. The minimum atomic E-state index is -0.311. The van der Waals surface area contributed by atoms with Gasteiger partial charge in [-0.15, -0.1) is 10.2 Å². The zero-order valence-corrected chi connectivity index (χ0v) is 11.4. The molecule has 1 saturated heterocycles. The van der Waals surface area contributed by atoms with Gasteiger partial charge in [-0.05, 0) is 25.7 Å². The quantitative estimate of drug-likeness (QED) is 0.765. The molecule has 1 aromatic heterocycles. The van der Waals surface area contributed by atoms with E-state index in [2.05, 4.69) is 25.9 Å². The lowest BCUT2D eigenvalue weighted by molar-refractivity contribution is -0.129. The average molecular weight is 278 g/mol. The van der Waals surface area contributed by atoms with Crippen molar-refractivity contribution in [2.75, 3.05) is 13.1 Å². The van der Waals surface area contributed by atoms with Crippen LogP contribution < -0.4 is 5.32 Å². The minimum absolute atomic E-state index is 0.0873. The van der Waals surface area contributed by atoms with Crippen molar-refractivity contribution < 1.29 is 9.59 Å². The second-order valence-electron chi connectivity index (χ2n) is 5.64. The number of aromatic amines is 1. The number of hydrogen-bond acceptors (Lipinski definition) is 5. The molecular formula is C12H18N6O2. The fraction of sp³-hybridized carbons (Fsp3) is 0.750. The van der Waals surface area contributed by atoms with Crippen molar-refractivity contribution in [3.05, 3.63) is 5.82 Å². The molecule has 2 fully saturated rings. The molecule has 1 aromatic rings. The molecule has 0 bridgehead atoms. The van der Waals surface area contributed by atoms with Gasteiger partial charge in [0.25, 0.3) is 0 Å². The molecule has 2 amide bonds. The fourth-order valence-electron chi connectivity index (χ4n) is 2.49. The Morgan fingerprint density at radius 1 is 1.55 bits per heavy atom. The standard InChI is InChI=1S/C12H18N6O2/c1-7(11-14-16-17-15-11)13-12(20)9-4-10(19)18(6-9)5-8-2-3-8/h7-9H,2-6H2,1H3,(H,13,20)(H,14,15,16,17). The predicted molar refractivity (Wildman–Crippen MR) is 68.1 cm³/mol. The first kappa shape index (κ1) is 13.0. The first-order chi connectivity index (χ1) is 9.63. The van der Waals surface area contributed by atoms with Gasteiger partial charge in [-0.3, -0.25) is 9.59 Å². The Hall–Kier alpha value is -1.99. The third kappa shape index (κ3) is 2.78. The third-order valence-electron chi connectivity index (χ3n) is 3.87. The van der Waals surface area contributed by atoms with Gasteiger partial charge in [0.1, 0.15) is 0 Å². The highest BCUT2D eigenvalue weighted by Crippen LogP contribution is 2.32. The lowest BCUT2D eigenvalue weighted by Gasteiger charge is -2.17. The van der Waals surface area contributed by atoms with E-state index in [1.54, 1.807) is 6.92 Å². The zero-order valence-electron chi connectivity index (χ0n) is 11.4. The monoisotopic (exact) mass is 278 g/mol. The first-order valence-corrected chi connectivity index (χ1v) is 6.95. The Bertz CT molecular complexity index is 498. The van der Waals surface area contributed by atoms with Crippen LogP contribution in [-0.4, -0.2) is 50.4 Å². The van der Waals surface area contributed by atoms with Gasteiger partial charge in [-0.1, -0.05) is 5.21 Å². The number of H-pyrrole nitrogens is 1. The fourth-order valence-corrected chi connectivity index (χ4v) is 2.49. The lowest BCUT2D eigenvalue weighted by atomic mass is 10.1. The van der Waals surface area contributed by atoms with Crippen LogP contribution in [0, 0.1) is 11.8 Å². The molecule has 2 unspecified atom stereocenters. The van der Waals surface area contributed by atoms with Gasteiger partial charge in [-0.25, -0.2) is 0 Å². The Kier molecular flexibility index (Phi) is 3.37. The van der Waals surface area contributed by atoms with Gasteiger partial charge in [0.05, 0.1) is 12.0 Å². The van der Waals surface area contributed by atoms with Gasteiger partial charge < -0.3 is 10.2 Å². The Morgan fingerprint density at radius 2 is 2.35 bits per heavy atom. The summed E-state index contributed by atoms with van der Waals surface area (Å²) in [5, 5.41) is 16.3. The molecule has 3 rings (SSSR count). The van der Waals surface area contributed by atoms with Crippen molar-refractivity contribution in [2.24, 2.45) is 11.8 Å². The van der Waals surface area contributed by atoms with Gasteiger partial charge in [0, 0.05) is 19.5 Å². The van der Waals surface area contributed by atoms with E-state index in [0.29, 0.717) is 24.7 Å². The highest BCUT2D eigenvalue weighted by molar-refractivity contribution is 5.89. The van der Waals surface area contributed by atoms with E-state index in [1.807, 2.05) is 4.90 Å². The Labute approximate surface area is 116 Å². The van der Waals surface area contributed by atoms with Crippen molar-refractivity contribution in [2.45, 2.75) is 32.2 Å². The molecule has 2 N–H and O–H groups in total. The number of amides is 2. The lowest BCUT2D eigenvalue weighted by Crippen LogP contribution is -2.35. The maximum atomic E-state index is 12.2. The van der Waals surface area contributed by atoms with Crippen molar-refractivity contribution in [1.82, 2.24) is 30.8 Å². The number of carbonyl (C=O) groups is 2. The van der Waals surface area contributed by atoms with Crippen molar-refractivity contribution in [3.8, 4) is 0 Å². The molecule has 1 saturated carbocycles. The summed E-state index contributed by atoms with van der Waals surface area (Å²) in [4.78, 5) is 25.9. The van der Waals surface area contributed by atoms with Crippen LogP contribution in [-0.2, 0) is 9.59 Å². The molecule has 2 heterocycles. The average Bonchev–Trinajstić information content (AvgIpc) is 2.91. The molecule has 2 atom stereocenters. The van der Waals surface area contributed by atoms with E-state index < -0.39 is 0 Å². The molecule has 8 nitrogen and oxygen atoms in total. The number of aromatic nitrogens is 4. The molecule has 1 aliphatic carbocycles. The van der Waals surface area contributed by atoms with Crippen LogP contribution in [0.15, 0.2) is 0 Å². The molecule has 20 heavy (non-hydrogen) atoms. The molecule has 0 radical (unpaired) electrons. The number of tetrazole rings is 1. The second kappa shape index (κ2) is 5.18. The van der Waals surface area contributed by atoms with Gasteiger partial charge in [0.2, 0.25) is 11.8 Å². The van der Waals surface area contributed by atoms with Crippen molar-refractivity contribution in [1.29, 1.82) is 0 Å². The molecular weight excluding hydrogens is 260 g/mol. The topological polar surface area (TPSA) is 104 Å². The first-order valence-electron chi connectivity index (χ1n) is 6.95. The molecule has 2 aliphatic rings. The summed E-state index contributed by atoms with van der Waals surface area (Å²) in [6, 6.07) is -0.311. The van der Waals surface area contributed by atoms with E-state index in [4.69, 9.17) is 0 Å². The van der Waals surface area contributed by atoms with Crippen LogP contribution in [0.5, 0.6) is 0 Å². The maximum Gasteiger partial charge on any atom is 0.226 e. The zero-order chi connectivity index (χ0) is 14.1. The van der Waals surface area contributed by atoms with Crippen LogP contribution >= 0.6 is 0 Å². The van der Waals surface area contributed by atoms with Gasteiger partial charge >= 0.3 is 0 Å². The van der Waals surface area contributed by atoms with Crippen LogP contribution in [0.25, 0.3) is 0 Å². The van der Waals surface area contributed by atoms with Crippen molar-refractivity contribution >= 4 is 11.8 Å². The summed E-state index contributed by atoms with van der Waals surface area (Å²) in [6.45, 7) is 3.13. The van der Waals surface area contributed by atoms with E-state index in [9.17, 15) is 9.59 Å². The molecule has 0 aromatic carbocycles. The number of rotatable bonds is 5. The third-order valence-corrected chi connectivity index (χ3v) is 3.87. The van der Waals surface area contributed by atoms with Crippen LogP contribution in [0.2, 0.25) is 0 Å². The molecule has 8 heteroatoms. The number of nitrogens with zero attached hydrogens (tertiary/aromatic N) is 4. The summed E-state index contributed by atoms with van der Waals surface area (Å²) in [7, 11) is 0. The van der Waals surface area contributed by atoms with Crippen molar-refractivity contribution in [3.63, 3.8) is 0 Å². The highest BCUT2D eigenvalue weighted by Gasteiger charge is 2.37. The van der Waals surface area contributed by atoms with Gasteiger partial charge in [0.15, 0.2) is 5.82 Å². The number of nitrogens with one attached hydrogen (secondary N) is 2. The number of hydrogen-bond donors (Lipinski definition) is 2. The smallest absolute Gasteiger partial charge is 0.226 e. The summed E-state index contributed by atoms with van der Waals surface area (Å²) < 4.78 is 0. The predicted octanol–water partition coefficient (Wildman–Crippen LogP) is -0.365. The van der Waals surface area contributed by atoms with E-state index in [0.717, 1.165) is 6.54 Å². The molecule has 1 aliphatic heterocycles. The maximum absolute atomic E-state index is 12.2. The van der Waals surface area contributed by atoms with E-state index in [1.165, 1.54) is 12.8 Å². The summed E-state index contributed by atoms with van der Waals surface area (Å²) in [5.41, 5.74) is 0. The summed E-state index contributed by atoms with van der Waals surface area (Å²) in [6.07, 6.45) is 2.71. The van der Waals surface area contributed by atoms with Crippen LogP contribution in [0.3, 0.4) is 0 Å². The number of likely N-dealkylation sites (tertiary alicyclic amines) is 1. The van der Waals surface area contributed by atoms with Crippen LogP contribution in [0.4, 0.5) is 0 Å². The SMILES string of the molecule is CC(NC(=O)C1CC(=O)N(CC2CC2)C1)c1nn[nH]n1. The Morgan fingerprint density at radius 3 is 3.00 bits per heavy atom. The summed E-state index contributed by atoms with van der Waals surface area (Å²) in [5.74, 6) is 0.797.